The summed E-state index contributed by atoms with van der Waals surface area (Å²) in [5, 5.41) is 6.11. The molecule has 0 spiro atoms. The number of nitrogens with one attached hydrogen (secondary N) is 2. The predicted molar refractivity (Wildman–Crippen MR) is 84.0 cm³/mol. The first-order valence-electron chi connectivity index (χ1n) is 6.94. The normalized spacial score (nSPS) is 10.5. The molecule has 112 valence electrons. The van der Waals surface area contributed by atoms with Crippen molar-refractivity contribution in [2.24, 2.45) is 0 Å². The van der Waals surface area contributed by atoms with Gasteiger partial charge in [-0.3, -0.25) is 4.79 Å². The molecule has 0 saturated heterocycles. The summed E-state index contributed by atoms with van der Waals surface area (Å²) in [5.74, 6) is 0.941. The van der Waals surface area contributed by atoms with Crippen molar-refractivity contribution < 1.29 is 9.53 Å². The van der Waals surface area contributed by atoms with Crippen molar-refractivity contribution in [3.8, 4) is 0 Å². The van der Waals surface area contributed by atoms with Crippen LogP contribution in [0, 0.1) is 0 Å². The number of benzene rings is 1. The van der Waals surface area contributed by atoms with E-state index in [1.54, 1.807) is 18.9 Å². The van der Waals surface area contributed by atoms with Crippen molar-refractivity contribution >= 4 is 17.7 Å². The number of thioether (sulfide) groups is 1. The summed E-state index contributed by atoms with van der Waals surface area (Å²) < 4.78 is 4.98. The van der Waals surface area contributed by atoms with Gasteiger partial charge in [-0.2, -0.15) is 0 Å². The summed E-state index contributed by atoms with van der Waals surface area (Å²) in [6, 6.07) is 8.45. The third kappa shape index (κ3) is 7.53. The van der Waals surface area contributed by atoms with Gasteiger partial charge >= 0.3 is 0 Å². The summed E-state index contributed by atoms with van der Waals surface area (Å²) in [7, 11) is 1.70. The Balaban J connectivity index is 2.23. The van der Waals surface area contributed by atoms with Crippen molar-refractivity contribution in [1.29, 1.82) is 0 Å². The second-order valence-corrected chi connectivity index (χ2v) is 5.53. The van der Waals surface area contributed by atoms with Crippen LogP contribution < -0.4 is 10.6 Å². The summed E-state index contributed by atoms with van der Waals surface area (Å²) in [6.45, 7) is 5.08. The molecule has 0 atom stereocenters. The molecule has 1 aromatic rings. The molecule has 1 amide bonds. The van der Waals surface area contributed by atoms with Crippen molar-refractivity contribution in [3.05, 3.63) is 29.8 Å². The van der Waals surface area contributed by atoms with E-state index in [9.17, 15) is 4.79 Å². The first kappa shape index (κ1) is 17.0. The topological polar surface area (TPSA) is 50.4 Å². The molecular weight excluding hydrogens is 272 g/mol. The van der Waals surface area contributed by atoms with Crippen LogP contribution in [0.5, 0.6) is 0 Å². The van der Waals surface area contributed by atoms with Crippen LogP contribution in [-0.2, 0) is 16.1 Å². The van der Waals surface area contributed by atoms with Crippen molar-refractivity contribution in [1.82, 2.24) is 10.6 Å². The maximum Gasteiger partial charge on any atom is 0.220 e. The Bertz CT molecular complexity index is 382. The van der Waals surface area contributed by atoms with E-state index < -0.39 is 0 Å². The average Bonchev–Trinajstić information content (AvgIpc) is 2.45. The van der Waals surface area contributed by atoms with Crippen LogP contribution in [-0.4, -0.2) is 38.5 Å². The molecule has 1 rings (SSSR count). The minimum absolute atomic E-state index is 0.124. The maximum atomic E-state index is 11.3. The van der Waals surface area contributed by atoms with Gasteiger partial charge in [0, 0.05) is 43.8 Å². The fraction of sp³-hybridized carbons (Fsp3) is 0.533. The lowest BCUT2D eigenvalue weighted by atomic mass is 10.2. The Labute approximate surface area is 125 Å². The van der Waals surface area contributed by atoms with Crippen LogP contribution in [0.2, 0.25) is 0 Å². The van der Waals surface area contributed by atoms with Gasteiger partial charge < -0.3 is 15.4 Å². The molecule has 0 aliphatic rings. The van der Waals surface area contributed by atoms with Crippen LogP contribution in [0.15, 0.2) is 29.2 Å². The maximum absolute atomic E-state index is 11.3. The Hall–Kier alpha value is -1.04. The molecule has 0 radical (unpaired) electrons. The molecule has 5 heteroatoms. The summed E-state index contributed by atoms with van der Waals surface area (Å²) >= 11 is 1.71. The van der Waals surface area contributed by atoms with Gasteiger partial charge in [-0.05, 0) is 24.6 Å². The molecule has 0 aromatic heterocycles. The van der Waals surface area contributed by atoms with Gasteiger partial charge in [0.15, 0.2) is 0 Å². The third-order valence-corrected chi connectivity index (χ3v) is 3.72. The first-order valence-corrected chi connectivity index (χ1v) is 7.93. The van der Waals surface area contributed by atoms with E-state index >= 15 is 0 Å². The lowest BCUT2D eigenvalue weighted by Gasteiger charge is -2.06. The van der Waals surface area contributed by atoms with E-state index in [1.807, 2.05) is 6.92 Å². The number of carbonyl (C=O) groups is 1. The fourth-order valence-electron chi connectivity index (χ4n) is 1.66. The van der Waals surface area contributed by atoms with Crippen LogP contribution in [0.4, 0.5) is 0 Å². The molecule has 0 heterocycles. The summed E-state index contributed by atoms with van der Waals surface area (Å²) in [5.41, 5.74) is 1.26. The molecular formula is C15H24N2O2S. The quantitative estimate of drug-likeness (QED) is 0.512. The lowest BCUT2D eigenvalue weighted by molar-refractivity contribution is -0.120. The zero-order valence-electron chi connectivity index (χ0n) is 12.3. The number of carbonyl (C=O) groups excluding carboxylic acids is 1. The van der Waals surface area contributed by atoms with Gasteiger partial charge in [-0.15, -0.1) is 11.8 Å². The molecule has 0 aliphatic carbocycles. The van der Waals surface area contributed by atoms with Crippen LogP contribution in [0.1, 0.15) is 18.9 Å². The van der Waals surface area contributed by atoms with Gasteiger partial charge in [0.05, 0.1) is 6.61 Å². The first-order chi connectivity index (χ1) is 9.76. The van der Waals surface area contributed by atoms with Crippen LogP contribution in [0.3, 0.4) is 0 Å². The highest BCUT2D eigenvalue weighted by Crippen LogP contribution is 2.19. The third-order valence-electron chi connectivity index (χ3n) is 2.71. The molecule has 1 aromatic carbocycles. The Kier molecular flexibility index (Phi) is 9.11. The van der Waals surface area contributed by atoms with Crippen LogP contribution in [0.25, 0.3) is 0 Å². The minimum Gasteiger partial charge on any atom is -0.383 e. The zero-order valence-corrected chi connectivity index (χ0v) is 13.1. The Morgan fingerprint density at radius 3 is 2.70 bits per heavy atom. The number of ether oxygens (including phenoxy) is 1. The minimum atomic E-state index is 0.124. The standard InChI is InChI=1S/C15H24N2O2S/c1-3-17-15(18)8-11-20-14-6-4-13(5-7-14)12-16-9-10-19-2/h4-7,16H,3,8-12H2,1-2H3,(H,17,18). The highest BCUT2D eigenvalue weighted by molar-refractivity contribution is 7.99. The summed E-state index contributed by atoms with van der Waals surface area (Å²) in [4.78, 5) is 12.5. The van der Waals surface area contributed by atoms with E-state index in [1.165, 1.54) is 10.5 Å². The molecule has 0 bridgehead atoms. The van der Waals surface area contributed by atoms with Gasteiger partial charge in [0.25, 0.3) is 0 Å². The van der Waals surface area contributed by atoms with Crippen molar-refractivity contribution in [3.63, 3.8) is 0 Å². The fourth-order valence-corrected chi connectivity index (χ4v) is 2.51. The van der Waals surface area contributed by atoms with E-state index in [-0.39, 0.29) is 5.91 Å². The van der Waals surface area contributed by atoms with E-state index in [4.69, 9.17) is 4.74 Å². The number of hydrogen-bond acceptors (Lipinski definition) is 4. The van der Waals surface area contributed by atoms with Crippen LogP contribution >= 0.6 is 11.8 Å². The number of methoxy groups -OCH3 is 1. The van der Waals surface area contributed by atoms with E-state index in [0.717, 1.165) is 25.4 Å². The smallest absolute Gasteiger partial charge is 0.220 e. The van der Waals surface area contributed by atoms with Crippen molar-refractivity contribution in [2.75, 3.05) is 32.6 Å². The lowest BCUT2D eigenvalue weighted by Crippen LogP contribution is -2.22. The summed E-state index contributed by atoms with van der Waals surface area (Å²) in [6.07, 6.45) is 0.568. The van der Waals surface area contributed by atoms with Gasteiger partial charge in [0.1, 0.15) is 0 Å². The monoisotopic (exact) mass is 296 g/mol. The number of amides is 1. The molecule has 2 N–H and O–H groups in total. The van der Waals surface area contributed by atoms with Gasteiger partial charge in [-0.25, -0.2) is 0 Å². The van der Waals surface area contributed by atoms with E-state index in [0.29, 0.717) is 13.0 Å². The molecule has 0 fully saturated rings. The average molecular weight is 296 g/mol. The van der Waals surface area contributed by atoms with E-state index in [2.05, 4.69) is 34.9 Å². The molecule has 0 saturated carbocycles. The van der Waals surface area contributed by atoms with Gasteiger partial charge in [-0.1, -0.05) is 12.1 Å². The molecule has 0 unspecified atom stereocenters. The van der Waals surface area contributed by atoms with Gasteiger partial charge in [0.2, 0.25) is 5.91 Å². The molecule has 0 aliphatic heterocycles. The second kappa shape index (κ2) is 10.7. The molecule has 4 nitrogen and oxygen atoms in total. The Morgan fingerprint density at radius 1 is 1.30 bits per heavy atom. The SMILES string of the molecule is CCNC(=O)CCSc1ccc(CNCCOC)cc1. The van der Waals surface area contributed by atoms with Crippen molar-refractivity contribution in [2.45, 2.75) is 24.8 Å². The zero-order chi connectivity index (χ0) is 14.6. The molecule has 20 heavy (non-hydrogen) atoms. The predicted octanol–water partition coefficient (Wildman–Crippen LogP) is 2.04. The Morgan fingerprint density at radius 2 is 2.05 bits per heavy atom. The largest absolute Gasteiger partial charge is 0.383 e. The second-order valence-electron chi connectivity index (χ2n) is 4.37. The highest BCUT2D eigenvalue weighted by Gasteiger charge is 2.00. The highest BCUT2D eigenvalue weighted by atomic mass is 32.2. The number of rotatable bonds is 10. The number of hydrogen-bond donors (Lipinski definition) is 2.